The predicted molar refractivity (Wildman–Crippen MR) is 155 cm³/mol. The molecule has 4 aromatic rings. The summed E-state index contributed by atoms with van der Waals surface area (Å²) in [6.07, 6.45) is 5.41. The molecule has 41 heavy (non-hydrogen) atoms. The molecular weight excluding hydrogens is 548 g/mol. The summed E-state index contributed by atoms with van der Waals surface area (Å²) in [6.45, 7) is 5.06. The van der Waals surface area contributed by atoms with Crippen molar-refractivity contribution in [2.45, 2.75) is 62.8 Å². The third kappa shape index (κ3) is 4.09. The largest absolute Gasteiger partial charge is 0.461 e. The van der Waals surface area contributed by atoms with Crippen LogP contribution in [0.4, 0.5) is 14.6 Å². The van der Waals surface area contributed by atoms with Crippen LogP contribution in [0.15, 0.2) is 24.4 Å². The first-order valence-electron chi connectivity index (χ1n) is 14.5. The summed E-state index contributed by atoms with van der Waals surface area (Å²) >= 11 is 6.55. The van der Waals surface area contributed by atoms with E-state index in [9.17, 15) is 4.39 Å². The minimum atomic E-state index is -0.857. The molecule has 8 nitrogen and oxygen atoms in total. The van der Waals surface area contributed by atoms with Gasteiger partial charge in [-0.3, -0.25) is 10.00 Å². The van der Waals surface area contributed by atoms with Crippen LogP contribution in [-0.2, 0) is 0 Å². The third-order valence-corrected chi connectivity index (χ3v) is 10.1. The highest BCUT2D eigenvalue weighted by Gasteiger charge is 2.49. The van der Waals surface area contributed by atoms with E-state index in [-0.39, 0.29) is 23.7 Å². The van der Waals surface area contributed by atoms with E-state index in [2.05, 4.69) is 30.3 Å². The second-order valence-electron chi connectivity index (χ2n) is 12.2. The highest BCUT2D eigenvalue weighted by Crippen LogP contribution is 2.42. The zero-order valence-electron chi connectivity index (χ0n) is 22.9. The Morgan fingerprint density at radius 3 is 2.80 bits per heavy atom. The fraction of sp³-hybridized carbons (Fsp3) is 0.500. The molecule has 0 aliphatic carbocycles. The Labute approximate surface area is 241 Å². The standard InChI is InChI=1S/C30H32ClF2N7O/c1-16-23(31)9-24-22(11-34-38-24)25(16)20-5-6-21-27(26(20)33)36-29(37-28(21)39-13-18-3-4-19(14-39)35-18)41-15-30-7-2-8-40(30)12-17(32)10-30/h5-6,9,11,17-19,35H,2-4,7-8,10,12-15H2,1H3,(H,34,38)/t17-,18-,19+,30+/m1/s1. The van der Waals surface area contributed by atoms with Crippen molar-refractivity contribution in [2.75, 3.05) is 37.7 Å². The zero-order chi connectivity index (χ0) is 27.9. The molecule has 0 saturated carbocycles. The van der Waals surface area contributed by atoms with Gasteiger partial charge in [-0.1, -0.05) is 17.7 Å². The minimum Gasteiger partial charge on any atom is -0.461 e. The Balaban J connectivity index is 1.25. The molecular formula is C30H32ClF2N7O. The summed E-state index contributed by atoms with van der Waals surface area (Å²) in [7, 11) is 0. The lowest BCUT2D eigenvalue weighted by molar-refractivity contribution is 0.107. The molecule has 4 aliphatic heterocycles. The van der Waals surface area contributed by atoms with Gasteiger partial charge in [-0.25, -0.2) is 8.78 Å². The molecule has 0 amide bonds. The average Bonchev–Trinajstić information content (AvgIpc) is 3.72. The highest BCUT2D eigenvalue weighted by molar-refractivity contribution is 6.33. The third-order valence-electron chi connectivity index (χ3n) is 9.72. The first-order valence-corrected chi connectivity index (χ1v) is 14.9. The summed E-state index contributed by atoms with van der Waals surface area (Å²) < 4.78 is 37.4. The number of fused-ring (bicyclic) bond motifs is 5. The molecule has 4 aliphatic rings. The van der Waals surface area contributed by atoms with E-state index in [1.165, 1.54) is 0 Å². The maximum absolute atomic E-state index is 16.7. The van der Waals surface area contributed by atoms with Crippen molar-refractivity contribution in [1.29, 1.82) is 0 Å². The number of aromatic amines is 1. The molecule has 0 radical (unpaired) electrons. The zero-order valence-corrected chi connectivity index (χ0v) is 23.6. The summed E-state index contributed by atoms with van der Waals surface area (Å²) in [4.78, 5) is 14.0. The highest BCUT2D eigenvalue weighted by atomic mass is 35.5. The van der Waals surface area contributed by atoms with E-state index in [4.69, 9.17) is 21.3 Å². The van der Waals surface area contributed by atoms with Gasteiger partial charge in [0, 0.05) is 65.1 Å². The van der Waals surface area contributed by atoms with Crippen LogP contribution in [0.5, 0.6) is 6.01 Å². The van der Waals surface area contributed by atoms with Crippen LogP contribution in [-0.4, -0.2) is 81.6 Å². The summed E-state index contributed by atoms with van der Waals surface area (Å²) in [5, 5.41) is 12.7. The average molecular weight is 580 g/mol. The van der Waals surface area contributed by atoms with Crippen molar-refractivity contribution >= 4 is 39.2 Å². The van der Waals surface area contributed by atoms with Crippen molar-refractivity contribution in [3.8, 4) is 17.1 Å². The lowest BCUT2D eigenvalue weighted by atomic mass is 9.95. The number of piperazine rings is 1. The number of nitrogens with one attached hydrogen (secondary N) is 2. The number of anilines is 1. The number of hydrogen-bond donors (Lipinski definition) is 2. The van der Waals surface area contributed by atoms with E-state index in [1.54, 1.807) is 12.3 Å². The molecule has 8 rings (SSSR count). The molecule has 2 aromatic heterocycles. The second-order valence-corrected chi connectivity index (χ2v) is 12.7. The molecule has 6 heterocycles. The summed E-state index contributed by atoms with van der Waals surface area (Å²) in [5.74, 6) is 0.230. The minimum absolute atomic E-state index is 0.134. The summed E-state index contributed by atoms with van der Waals surface area (Å²) in [5.41, 5.74) is 2.45. The Kier molecular flexibility index (Phi) is 5.92. The number of alkyl halides is 1. The number of halogens is 3. The lowest BCUT2D eigenvalue weighted by Gasteiger charge is -2.34. The monoisotopic (exact) mass is 579 g/mol. The number of hydrogen-bond acceptors (Lipinski definition) is 7. The van der Waals surface area contributed by atoms with Crippen LogP contribution < -0.4 is 15.0 Å². The summed E-state index contributed by atoms with van der Waals surface area (Å²) in [6, 6.07) is 6.40. The smallest absolute Gasteiger partial charge is 0.319 e. The fourth-order valence-corrected chi connectivity index (χ4v) is 7.95. The van der Waals surface area contributed by atoms with E-state index >= 15 is 4.39 Å². The van der Waals surface area contributed by atoms with Crippen molar-refractivity contribution in [1.82, 2.24) is 30.4 Å². The number of ether oxygens (including phenoxy) is 1. The first-order chi connectivity index (χ1) is 19.9. The maximum atomic E-state index is 16.7. The van der Waals surface area contributed by atoms with Gasteiger partial charge in [-0.05, 0) is 56.8 Å². The number of H-pyrrole nitrogens is 1. The Morgan fingerprint density at radius 1 is 1.15 bits per heavy atom. The van der Waals surface area contributed by atoms with E-state index in [1.807, 2.05) is 19.1 Å². The van der Waals surface area contributed by atoms with Gasteiger partial charge in [0.05, 0.1) is 17.3 Å². The van der Waals surface area contributed by atoms with E-state index < -0.39 is 12.0 Å². The molecule has 2 aromatic carbocycles. The van der Waals surface area contributed by atoms with Crippen LogP contribution in [0.1, 0.15) is 37.7 Å². The normalized spacial score (nSPS) is 27.8. The van der Waals surface area contributed by atoms with E-state index in [0.717, 1.165) is 61.8 Å². The molecule has 2 bridgehead atoms. The maximum Gasteiger partial charge on any atom is 0.319 e. The molecule has 2 N–H and O–H groups in total. The SMILES string of the molecule is Cc1c(Cl)cc2[nH]ncc2c1-c1ccc2c(N3C[C@H]4CC[C@@H](C3)N4)nc(OC[C@@]34CCCN3C[C@H](F)C4)nc2c1F. The number of nitrogens with zero attached hydrogens (tertiary/aromatic N) is 5. The molecule has 214 valence electrons. The predicted octanol–water partition coefficient (Wildman–Crippen LogP) is 5.17. The Morgan fingerprint density at radius 2 is 1.98 bits per heavy atom. The van der Waals surface area contributed by atoms with Crippen LogP contribution in [0.3, 0.4) is 0 Å². The van der Waals surface area contributed by atoms with Gasteiger partial charge in [0.2, 0.25) is 0 Å². The molecule has 0 spiro atoms. The first kappa shape index (κ1) is 25.6. The van der Waals surface area contributed by atoms with Crippen LogP contribution in [0, 0.1) is 12.7 Å². The van der Waals surface area contributed by atoms with Crippen molar-refractivity contribution in [3.05, 3.63) is 40.8 Å². The van der Waals surface area contributed by atoms with Gasteiger partial charge >= 0.3 is 6.01 Å². The van der Waals surface area contributed by atoms with Crippen molar-refractivity contribution in [2.24, 2.45) is 0 Å². The van der Waals surface area contributed by atoms with Crippen LogP contribution >= 0.6 is 11.6 Å². The molecule has 4 fully saturated rings. The van der Waals surface area contributed by atoms with Gasteiger partial charge in [0.25, 0.3) is 0 Å². The second kappa shape index (κ2) is 9.47. The van der Waals surface area contributed by atoms with Gasteiger partial charge in [0.15, 0.2) is 5.82 Å². The Bertz CT molecular complexity index is 1670. The van der Waals surface area contributed by atoms with Gasteiger partial charge in [-0.2, -0.15) is 15.1 Å². The number of benzene rings is 2. The topological polar surface area (TPSA) is 82.2 Å². The lowest BCUT2D eigenvalue weighted by Crippen LogP contribution is -2.51. The molecule has 4 atom stereocenters. The van der Waals surface area contributed by atoms with Crippen molar-refractivity contribution in [3.63, 3.8) is 0 Å². The number of aromatic nitrogens is 4. The number of rotatable bonds is 5. The van der Waals surface area contributed by atoms with E-state index in [0.29, 0.717) is 52.4 Å². The van der Waals surface area contributed by atoms with Crippen LogP contribution in [0.25, 0.3) is 32.9 Å². The fourth-order valence-electron chi connectivity index (χ4n) is 7.75. The van der Waals surface area contributed by atoms with Crippen molar-refractivity contribution < 1.29 is 13.5 Å². The van der Waals surface area contributed by atoms with Gasteiger partial charge in [-0.15, -0.1) is 0 Å². The Hall–Kier alpha value is -3.08. The van der Waals surface area contributed by atoms with Gasteiger partial charge in [0.1, 0.15) is 24.1 Å². The van der Waals surface area contributed by atoms with Gasteiger partial charge < -0.3 is 15.0 Å². The molecule has 11 heteroatoms. The molecule has 0 unspecified atom stereocenters. The molecule has 4 saturated heterocycles. The van der Waals surface area contributed by atoms with Crippen LogP contribution in [0.2, 0.25) is 5.02 Å². The quantitative estimate of drug-likeness (QED) is 0.338.